The summed E-state index contributed by atoms with van der Waals surface area (Å²) in [6, 6.07) is 9.66. The molecule has 1 aromatic carbocycles. The summed E-state index contributed by atoms with van der Waals surface area (Å²) in [5.41, 5.74) is 7.61. The Hall–Kier alpha value is -1.94. The molecule has 2 aromatic rings. The molecule has 0 bridgehead atoms. The van der Waals surface area contributed by atoms with Crippen LogP contribution in [0.4, 0.5) is 4.39 Å². The molecule has 1 heterocycles. The van der Waals surface area contributed by atoms with Gasteiger partial charge in [0, 0.05) is 18.3 Å². The third-order valence-electron chi connectivity index (χ3n) is 2.69. The lowest BCUT2D eigenvalue weighted by Gasteiger charge is -2.09. The second-order valence-corrected chi connectivity index (χ2v) is 4.32. The van der Waals surface area contributed by atoms with Gasteiger partial charge in [-0.25, -0.2) is 9.37 Å². The van der Waals surface area contributed by atoms with Gasteiger partial charge >= 0.3 is 0 Å². The summed E-state index contributed by atoms with van der Waals surface area (Å²) in [6.45, 7) is 2.54. The van der Waals surface area contributed by atoms with E-state index in [0.717, 1.165) is 24.1 Å². The number of nitrogens with two attached hydrogens (primary N) is 1. The summed E-state index contributed by atoms with van der Waals surface area (Å²) < 4.78 is 18.5. The monoisotopic (exact) mass is 260 g/mol. The molecule has 0 spiro atoms. The van der Waals surface area contributed by atoms with Crippen LogP contribution in [0.25, 0.3) is 0 Å². The van der Waals surface area contributed by atoms with Crippen LogP contribution in [0.5, 0.6) is 11.6 Å². The highest BCUT2D eigenvalue weighted by atomic mass is 19.1. The van der Waals surface area contributed by atoms with E-state index < -0.39 is 0 Å². The lowest BCUT2D eigenvalue weighted by atomic mass is 10.1. The van der Waals surface area contributed by atoms with Crippen LogP contribution in [-0.4, -0.2) is 4.98 Å². The van der Waals surface area contributed by atoms with E-state index in [1.165, 1.54) is 12.1 Å². The zero-order chi connectivity index (χ0) is 13.7. The van der Waals surface area contributed by atoms with Gasteiger partial charge in [-0.05, 0) is 42.3 Å². The zero-order valence-electron chi connectivity index (χ0n) is 10.9. The normalized spacial score (nSPS) is 10.5. The largest absolute Gasteiger partial charge is 0.439 e. The third kappa shape index (κ3) is 3.76. The van der Waals surface area contributed by atoms with Crippen molar-refractivity contribution in [2.45, 2.75) is 26.3 Å². The lowest BCUT2D eigenvalue weighted by molar-refractivity contribution is 0.458. The van der Waals surface area contributed by atoms with Crippen molar-refractivity contribution in [3.8, 4) is 11.6 Å². The first-order valence-corrected chi connectivity index (χ1v) is 6.34. The maximum Gasteiger partial charge on any atom is 0.219 e. The molecule has 0 radical (unpaired) electrons. The highest BCUT2D eigenvalue weighted by molar-refractivity contribution is 5.31. The molecule has 0 saturated carbocycles. The molecular weight excluding hydrogens is 243 g/mol. The molecule has 0 aliphatic carbocycles. The van der Waals surface area contributed by atoms with E-state index in [0.29, 0.717) is 18.2 Å². The fourth-order valence-electron chi connectivity index (χ4n) is 1.80. The van der Waals surface area contributed by atoms with Crippen LogP contribution >= 0.6 is 0 Å². The van der Waals surface area contributed by atoms with Crippen LogP contribution < -0.4 is 10.5 Å². The number of ether oxygens (including phenoxy) is 1. The second kappa shape index (κ2) is 6.29. The van der Waals surface area contributed by atoms with Crippen molar-refractivity contribution < 1.29 is 9.13 Å². The number of hydrogen-bond acceptors (Lipinski definition) is 3. The molecule has 2 rings (SSSR count). The lowest BCUT2D eigenvalue weighted by Crippen LogP contribution is -2.01. The zero-order valence-corrected chi connectivity index (χ0v) is 10.9. The summed E-state index contributed by atoms with van der Waals surface area (Å²) in [7, 11) is 0. The summed E-state index contributed by atoms with van der Waals surface area (Å²) in [4.78, 5) is 4.42. The molecule has 1 aromatic heterocycles. The number of benzene rings is 1. The van der Waals surface area contributed by atoms with Crippen molar-refractivity contribution in [3.63, 3.8) is 0 Å². The van der Waals surface area contributed by atoms with Crippen molar-refractivity contribution in [3.05, 3.63) is 53.5 Å². The van der Waals surface area contributed by atoms with Gasteiger partial charge in [0.2, 0.25) is 5.88 Å². The number of nitrogens with zero attached hydrogens (tertiary/aromatic N) is 1. The average Bonchev–Trinajstić information content (AvgIpc) is 2.41. The van der Waals surface area contributed by atoms with Gasteiger partial charge in [0.25, 0.3) is 0 Å². The Morgan fingerprint density at radius 2 is 1.95 bits per heavy atom. The van der Waals surface area contributed by atoms with Gasteiger partial charge in [0.15, 0.2) is 0 Å². The number of hydrogen-bond donors (Lipinski definition) is 1. The molecule has 0 amide bonds. The number of rotatable bonds is 5. The van der Waals surface area contributed by atoms with Crippen molar-refractivity contribution in [2.24, 2.45) is 5.73 Å². The van der Waals surface area contributed by atoms with E-state index in [2.05, 4.69) is 11.9 Å². The summed E-state index contributed by atoms with van der Waals surface area (Å²) in [6.07, 6.45) is 1.89. The fraction of sp³-hybridized carbons (Fsp3) is 0.267. The molecule has 3 nitrogen and oxygen atoms in total. The van der Waals surface area contributed by atoms with Crippen LogP contribution in [0.15, 0.2) is 36.4 Å². The van der Waals surface area contributed by atoms with E-state index in [1.54, 1.807) is 12.1 Å². The number of pyridine rings is 1. The number of halogens is 1. The van der Waals surface area contributed by atoms with Gasteiger partial charge in [-0.15, -0.1) is 0 Å². The minimum Gasteiger partial charge on any atom is -0.439 e. The minimum atomic E-state index is -0.289. The minimum absolute atomic E-state index is 0.289. The predicted molar refractivity (Wildman–Crippen MR) is 72.6 cm³/mol. The van der Waals surface area contributed by atoms with E-state index in [9.17, 15) is 4.39 Å². The van der Waals surface area contributed by atoms with Gasteiger partial charge < -0.3 is 10.5 Å². The molecule has 100 valence electrons. The molecule has 0 fully saturated rings. The van der Waals surface area contributed by atoms with E-state index in [4.69, 9.17) is 10.5 Å². The molecule has 0 aliphatic rings. The number of aryl methyl sites for hydroxylation is 1. The highest BCUT2D eigenvalue weighted by Crippen LogP contribution is 2.21. The first-order valence-electron chi connectivity index (χ1n) is 6.34. The third-order valence-corrected chi connectivity index (χ3v) is 2.69. The van der Waals surface area contributed by atoms with E-state index in [-0.39, 0.29) is 5.82 Å². The smallest absolute Gasteiger partial charge is 0.219 e. The summed E-state index contributed by atoms with van der Waals surface area (Å²) in [5.74, 6) is 0.770. The van der Waals surface area contributed by atoms with Crippen molar-refractivity contribution in [2.75, 3.05) is 0 Å². The second-order valence-electron chi connectivity index (χ2n) is 4.32. The Morgan fingerprint density at radius 3 is 2.58 bits per heavy atom. The van der Waals surface area contributed by atoms with Gasteiger partial charge in [0.1, 0.15) is 11.6 Å². The Labute approximate surface area is 112 Å². The first-order chi connectivity index (χ1) is 9.21. The summed E-state index contributed by atoms with van der Waals surface area (Å²) in [5, 5.41) is 0. The summed E-state index contributed by atoms with van der Waals surface area (Å²) >= 11 is 0. The molecule has 0 saturated heterocycles. The standard InChI is InChI=1S/C15H17FN2O/c1-2-3-13-8-11(10-17)9-15(18-13)19-14-6-4-12(16)5-7-14/h4-9H,2-3,10,17H2,1H3. The van der Waals surface area contributed by atoms with Crippen LogP contribution in [0, 0.1) is 5.82 Å². The molecule has 4 heteroatoms. The van der Waals surface area contributed by atoms with Crippen LogP contribution in [-0.2, 0) is 13.0 Å². The molecule has 0 atom stereocenters. The predicted octanol–water partition coefficient (Wildman–Crippen LogP) is 3.42. The van der Waals surface area contributed by atoms with Crippen molar-refractivity contribution >= 4 is 0 Å². The maximum atomic E-state index is 12.8. The van der Waals surface area contributed by atoms with E-state index >= 15 is 0 Å². The quantitative estimate of drug-likeness (QED) is 0.896. The Bertz CT molecular complexity index is 540. The Balaban J connectivity index is 2.23. The van der Waals surface area contributed by atoms with E-state index in [1.807, 2.05) is 12.1 Å². The van der Waals surface area contributed by atoms with Gasteiger partial charge in [-0.2, -0.15) is 0 Å². The molecule has 0 unspecified atom stereocenters. The van der Waals surface area contributed by atoms with Crippen LogP contribution in [0.2, 0.25) is 0 Å². The highest BCUT2D eigenvalue weighted by Gasteiger charge is 2.04. The SMILES string of the molecule is CCCc1cc(CN)cc(Oc2ccc(F)cc2)n1. The van der Waals surface area contributed by atoms with Gasteiger partial charge in [-0.3, -0.25) is 0 Å². The van der Waals surface area contributed by atoms with Crippen molar-refractivity contribution in [1.29, 1.82) is 0 Å². The topological polar surface area (TPSA) is 48.1 Å². The molecule has 0 aliphatic heterocycles. The maximum absolute atomic E-state index is 12.8. The van der Waals surface area contributed by atoms with Gasteiger partial charge in [0.05, 0.1) is 0 Å². The van der Waals surface area contributed by atoms with Crippen molar-refractivity contribution in [1.82, 2.24) is 4.98 Å². The molecule has 2 N–H and O–H groups in total. The Kier molecular flexibility index (Phi) is 4.47. The Morgan fingerprint density at radius 1 is 1.21 bits per heavy atom. The molecular formula is C15H17FN2O. The van der Waals surface area contributed by atoms with Crippen LogP contribution in [0.1, 0.15) is 24.6 Å². The fourth-order valence-corrected chi connectivity index (χ4v) is 1.80. The van der Waals surface area contributed by atoms with Gasteiger partial charge in [-0.1, -0.05) is 13.3 Å². The van der Waals surface area contributed by atoms with Crippen LogP contribution in [0.3, 0.4) is 0 Å². The average molecular weight is 260 g/mol. The number of aromatic nitrogens is 1. The first kappa shape index (κ1) is 13.5. The molecule has 19 heavy (non-hydrogen) atoms.